The molecule has 4 atom stereocenters. The van der Waals surface area contributed by atoms with Crippen LogP contribution in [0.25, 0.3) is 0 Å². The third kappa shape index (κ3) is 2.62. The van der Waals surface area contributed by atoms with Gasteiger partial charge >= 0.3 is 0 Å². The zero-order valence-corrected chi connectivity index (χ0v) is 12.8. The van der Waals surface area contributed by atoms with Gasteiger partial charge in [-0.25, -0.2) is 0 Å². The van der Waals surface area contributed by atoms with E-state index in [4.69, 9.17) is 4.74 Å². The highest BCUT2D eigenvalue weighted by atomic mass is 16.6. The Balaban J connectivity index is 2.23. The zero-order chi connectivity index (χ0) is 14.4. The van der Waals surface area contributed by atoms with E-state index >= 15 is 0 Å². The summed E-state index contributed by atoms with van der Waals surface area (Å²) in [7, 11) is 0. The molecule has 2 aliphatic rings. The van der Waals surface area contributed by atoms with Crippen molar-refractivity contribution in [2.45, 2.75) is 71.5 Å². The lowest BCUT2D eigenvalue weighted by molar-refractivity contribution is -0.131. The number of ether oxygens (including phenoxy) is 1. The van der Waals surface area contributed by atoms with E-state index in [2.05, 4.69) is 6.92 Å². The van der Waals surface area contributed by atoms with Gasteiger partial charge in [-0.2, -0.15) is 0 Å². The maximum Gasteiger partial charge on any atom is 0.139 e. The smallest absolute Gasteiger partial charge is 0.139 e. The summed E-state index contributed by atoms with van der Waals surface area (Å²) in [5.74, 6) is 0.552. The van der Waals surface area contributed by atoms with E-state index < -0.39 is 0 Å². The Hall–Kier alpha value is -0.700. The Morgan fingerprint density at radius 2 is 1.79 bits per heavy atom. The summed E-state index contributed by atoms with van der Waals surface area (Å²) in [6.45, 7) is 10.2. The number of hydrogen-bond acceptors (Lipinski definition) is 3. The Morgan fingerprint density at radius 1 is 1.16 bits per heavy atom. The van der Waals surface area contributed by atoms with E-state index in [9.17, 15) is 9.59 Å². The van der Waals surface area contributed by atoms with Crippen molar-refractivity contribution >= 4 is 11.6 Å². The van der Waals surface area contributed by atoms with Crippen LogP contribution in [-0.2, 0) is 14.3 Å². The van der Waals surface area contributed by atoms with Crippen LogP contribution in [0.4, 0.5) is 0 Å². The predicted octanol–water partition coefficient (Wildman–Crippen LogP) is 3.15. The molecule has 0 N–H and O–H groups in total. The van der Waals surface area contributed by atoms with Gasteiger partial charge in [0.15, 0.2) is 0 Å². The Bertz CT molecular complexity index is 401. The Morgan fingerprint density at radius 3 is 2.37 bits per heavy atom. The molecule has 1 aliphatic heterocycles. The maximum atomic E-state index is 12.5. The van der Waals surface area contributed by atoms with Gasteiger partial charge in [-0.1, -0.05) is 20.8 Å². The average Bonchev–Trinajstić information content (AvgIpc) is 2.83. The Labute approximate surface area is 116 Å². The van der Waals surface area contributed by atoms with E-state index in [0.29, 0.717) is 12.8 Å². The van der Waals surface area contributed by atoms with Crippen molar-refractivity contribution in [2.24, 2.45) is 17.8 Å². The number of epoxide rings is 1. The standard InChI is InChI=1S/C16H26O3/c1-10(2)12-8-13(17)11(3)6-7-15(4)16(5,19-15)9-14(12)18/h10-12H,6-9H2,1-5H3/t11-,12-,15+,16+/m0/s1. The number of carbonyl (C=O) groups excluding carboxylic acids is 2. The van der Waals surface area contributed by atoms with Gasteiger partial charge in [0.05, 0.1) is 5.60 Å². The van der Waals surface area contributed by atoms with Crippen molar-refractivity contribution in [3.05, 3.63) is 0 Å². The van der Waals surface area contributed by atoms with Crippen molar-refractivity contribution in [2.75, 3.05) is 0 Å². The van der Waals surface area contributed by atoms with Gasteiger partial charge < -0.3 is 4.74 Å². The van der Waals surface area contributed by atoms with Crippen molar-refractivity contribution in [1.82, 2.24) is 0 Å². The van der Waals surface area contributed by atoms with Crippen LogP contribution in [0.1, 0.15) is 60.3 Å². The molecule has 2 fully saturated rings. The predicted molar refractivity (Wildman–Crippen MR) is 73.9 cm³/mol. The molecule has 3 nitrogen and oxygen atoms in total. The Kier molecular flexibility index (Phi) is 3.63. The van der Waals surface area contributed by atoms with Crippen LogP contribution in [-0.4, -0.2) is 22.8 Å². The monoisotopic (exact) mass is 266 g/mol. The fraction of sp³-hybridized carbons (Fsp3) is 0.875. The minimum Gasteiger partial charge on any atom is -0.363 e. The highest BCUT2D eigenvalue weighted by Gasteiger charge is 2.64. The minimum absolute atomic E-state index is 0.0393. The molecule has 1 heterocycles. The number of fused-ring (bicyclic) bond motifs is 1. The van der Waals surface area contributed by atoms with E-state index in [1.807, 2.05) is 27.7 Å². The normalized spacial score (nSPS) is 44.1. The van der Waals surface area contributed by atoms with Crippen LogP contribution >= 0.6 is 0 Å². The van der Waals surface area contributed by atoms with Gasteiger partial charge in [0.1, 0.15) is 17.2 Å². The molecule has 1 saturated carbocycles. The third-order valence-corrected chi connectivity index (χ3v) is 5.28. The number of rotatable bonds is 1. The number of carbonyl (C=O) groups is 2. The topological polar surface area (TPSA) is 46.7 Å². The molecule has 0 spiro atoms. The summed E-state index contributed by atoms with van der Waals surface area (Å²) in [4.78, 5) is 24.7. The lowest BCUT2D eigenvalue weighted by Gasteiger charge is -2.24. The highest BCUT2D eigenvalue weighted by molar-refractivity contribution is 5.90. The first-order chi connectivity index (χ1) is 8.68. The number of Topliss-reactive ketones (excluding diaryl/α,β-unsaturated/α-hetero) is 2. The van der Waals surface area contributed by atoms with Gasteiger partial charge in [-0.15, -0.1) is 0 Å². The summed E-state index contributed by atoms with van der Waals surface area (Å²) in [5, 5.41) is 0. The molecular weight excluding hydrogens is 240 g/mol. The molecule has 108 valence electrons. The second-order valence-corrected chi connectivity index (χ2v) is 7.17. The molecule has 0 amide bonds. The largest absolute Gasteiger partial charge is 0.363 e. The molecule has 1 saturated heterocycles. The molecule has 0 aromatic heterocycles. The molecule has 0 unspecified atom stereocenters. The molecular formula is C16H26O3. The van der Waals surface area contributed by atoms with Gasteiger partial charge in [0.2, 0.25) is 0 Å². The summed E-state index contributed by atoms with van der Waals surface area (Å²) in [6, 6.07) is 0. The summed E-state index contributed by atoms with van der Waals surface area (Å²) < 4.78 is 5.87. The van der Waals surface area contributed by atoms with E-state index in [0.717, 1.165) is 12.8 Å². The SMILES string of the molecule is CC(C)[C@@H]1CC(=O)[C@@H](C)CC[C@@]2(C)O[C@]2(C)CC1=O. The number of ketones is 2. The van der Waals surface area contributed by atoms with Crippen LogP contribution in [0, 0.1) is 17.8 Å². The first-order valence-corrected chi connectivity index (χ1v) is 7.44. The van der Waals surface area contributed by atoms with Gasteiger partial charge in [0.25, 0.3) is 0 Å². The third-order valence-electron chi connectivity index (χ3n) is 5.28. The molecule has 0 aromatic rings. The minimum atomic E-state index is -0.308. The van der Waals surface area contributed by atoms with Gasteiger partial charge in [-0.05, 0) is 32.6 Å². The molecule has 0 aromatic carbocycles. The molecule has 3 heteroatoms. The quantitative estimate of drug-likeness (QED) is 0.685. The maximum absolute atomic E-state index is 12.5. The zero-order valence-electron chi connectivity index (χ0n) is 12.8. The molecule has 2 rings (SSSR count). The van der Waals surface area contributed by atoms with Crippen LogP contribution in [0.2, 0.25) is 0 Å². The lowest BCUT2D eigenvalue weighted by Crippen LogP contribution is -2.33. The molecule has 0 bridgehead atoms. The average molecular weight is 266 g/mol. The molecule has 19 heavy (non-hydrogen) atoms. The van der Waals surface area contributed by atoms with Crippen molar-refractivity contribution < 1.29 is 14.3 Å². The first kappa shape index (κ1) is 14.7. The van der Waals surface area contributed by atoms with Crippen LogP contribution < -0.4 is 0 Å². The fourth-order valence-corrected chi connectivity index (χ4v) is 3.27. The summed E-state index contributed by atoms with van der Waals surface area (Å²) in [6.07, 6.45) is 2.60. The fourth-order valence-electron chi connectivity index (χ4n) is 3.27. The lowest BCUT2D eigenvalue weighted by atomic mass is 9.76. The summed E-state index contributed by atoms with van der Waals surface area (Å²) in [5.41, 5.74) is -0.520. The highest BCUT2D eigenvalue weighted by Crippen LogP contribution is 2.54. The van der Waals surface area contributed by atoms with Crippen molar-refractivity contribution in [3.63, 3.8) is 0 Å². The van der Waals surface area contributed by atoms with Gasteiger partial charge in [0, 0.05) is 24.7 Å². The van der Waals surface area contributed by atoms with E-state index in [-0.39, 0.29) is 40.5 Å². The van der Waals surface area contributed by atoms with Gasteiger partial charge in [-0.3, -0.25) is 9.59 Å². The summed E-state index contributed by atoms with van der Waals surface area (Å²) >= 11 is 0. The van der Waals surface area contributed by atoms with Crippen molar-refractivity contribution in [3.8, 4) is 0 Å². The first-order valence-electron chi connectivity index (χ1n) is 7.44. The van der Waals surface area contributed by atoms with Crippen molar-refractivity contribution in [1.29, 1.82) is 0 Å². The van der Waals surface area contributed by atoms with Crippen LogP contribution in [0.15, 0.2) is 0 Å². The van der Waals surface area contributed by atoms with Crippen LogP contribution in [0.3, 0.4) is 0 Å². The van der Waals surface area contributed by atoms with E-state index in [1.165, 1.54) is 0 Å². The number of hydrogen-bond donors (Lipinski definition) is 0. The molecule has 1 aliphatic carbocycles. The second kappa shape index (κ2) is 4.69. The van der Waals surface area contributed by atoms with E-state index in [1.54, 1.807) is 0 Å². The van der Waals surface area contributed by atoms with Crippen LogP contribution in [0.5, 0.6) is 0 Å². The second-order valence-electron chi connectivity index (χ2n) is 7.17. The molecule has 0 radical (unpaired) electrons.